The van der Waals surface area contributed by atoms with E-state index in [2.05, 4.69) is 4.72 Å². The summed E-state index contributed by atoms with van der Waals surface area (Å²) in [5.74, 6) is 0. The molecule has 0 spiro atoms. The van der Waals surface area contributed by atoms with Gasteiger partial charge in [0.1, 0.15) is 0 Å². The maximum atomic E-state index is 12.0. The quantitative estimate of drug-likeness (QED) is 0.852. The molecule has 0 saturated carbocycles. The molecule has 0 aromatic heterocycles. The average Bonchev–Trinajstić information content (AvgIpc) is 2.36. The van der Waals surface area contributed by atoms with Crippen LogP contribution in [0.2, 0.25) is 0 Å². The Hall–Kier alpha value is -1.43. The summed E-state index contributed by atoms with van der Waals surface area (Å²) in [6, 6.07) is 12.6. The lowest BCUT2D eigenvalue weighted by atomic mass is 10.1. The zero-order chi connectivity index (χ0) is 12.3. The molecule has 5 heteroatoms. The fourth-order valence-electron chi connectivity index (χ4n) is 1.70. The number of hydrogen-bond acceptors (Lipinski definition) is 3. The molecule has 0 aliphatic heterocycles. The lowest BCUT2D eigenvalue weighted by Gasteiger charge is -2.08. The lowest BCUT2D eigenvalue weighted by Crippen LogP contribution is -2.29. The maximum Gasteiger partial charge on any atom is 0.241 e. The van der Waals surface area contributed by atoms with Gasteiger partial charge in [-0.2, -0.15) is 0 Å². The van der Waals surface area contributed by atoms with Crippen molar-refractivity contribution in [2.24, 2.45) is 5.73 Å². The first kappa shape index (κ1) is 12.0. The molecule has 0 bridgehead atoms. The van der Waals surface area contributed by atoms with E-state index in [9.17, 15) is 8.42 Å². The molecule has 0 amide bonds. The largest absolute Gasteiger partial charge is 0.329 e. The molecule has 2 aromatic rings. The zero-order valence-electron chi connectivity index (χ0n) is 9.26. The molecule has 0 aliphatic rings. The number of benzene rings is 2. The number of nitrogens with two attached hydrogens (primary N) is 1. The Morgan fingerprint density at radius 2 is 1.76 bits per heavy atom. The van der Waals surface area contributed by atoms with E-state index in [0.717, 1.165) is 10.8 Å². The summed E-state index contributed by atoms with van der Waals surface area (Å²) in [6.45, 7) is 0.523. The summed E-state index contributed by atoms with van der Waals surface area (Å²) in [4.78, 5) is 0.295. The van der Waals surface area contributed by atoms with Crippen LogP contribution in [0.15, 0.2) is 47.4 Å². The van der Waals surface area contributed by atoms with Gasteiger partial charge in [0.2, 0.25) is 10.0 Å². The Kier molecular flexibility index (Phi) is 3.42. The number of hydrogen-bond donors (Lipinski definition) is 2. The van der Waals surface area contributed by atoms with E-state index < -0.39 is 10.0 Å². The van der Waals surface area contributed by atoms with Crippen molar-refractivity contribution >= 4 is 20.8 Å². The minimum absolute atomic E-state index is 0.242. The van der Waals surface area contributed by atoms with Gasteiger partial charge in [-0.05, 0) is 11.5 Å². The second kappa shape index (κ2) is 4.83. The van der Waals surface area contributed by atoms with Gasteiger partial charge in [0.15, 0.2) is 0 Å². The summed E-state index contributed by atoms with van der Waals surface area (Å²) < 4.78 is 26.5. The third-order valence-corrected chi connectivity index (χ3v) is 3.99. The monoisotopic (exact) mass is 250 g/mol. The molecule has 0 aliphatic carbocycles. The zero-order valence-corrected chi connectivity index (χ0v) is 10.1. The van der Waals surface area contributed by atoms with Crippen molar-refractivity contribution in [1.82, 2.24) is 4.72 Å². The molecule has 3 N–H and O–H groups in total. The van der Waals surface area contributed by atoms with Crippen LogP contribution in [0.1, 0.15) is 0 Å². The number of nitrogens with one attached hydrogen (secondary N) is 1. The lowest BCUT2D eigenvalue weighted by molar-refractivity contribution is 0.583. The van der Waals surface area contributed by atoms with E-state index in [4.69, 9.17) is 5.73 Å². The van der Waals surface area contributed by atoms with Gasteiger partial charge in [0, 0.05) is 18.5 Å². The van der Waals surface area contributed by atoms with Crippen LogP contribution in [0.3, 0.4) is 0 Å². The number of rotatable bonds is 4. The Morgan fingerprint density at radius 3 is 2.53 bits per heavy atom. The predicted molar refractivity (Wildman–Crippen MR) is 68.2 cm³/mol. The van der Waals surface area contributed by atoms with E-state index in [1.165, 1.54) is 0 Å². The van der Waals surface area contributed by atoms with Crippen LogP contribution >= 0.6 is 0 Å². The molecule has 0 saturated heterocycles. The first-order chi connectivity index (χ1) is 8.15. The van der Waals surface area contributed by atoms with Crippen molar-refractivity contribution in [2.75, 3.05) is 13.1 Å². The van der Waals surface area contributed by atoms with Gasteiger partial charge in [-0.3, -0.25) is 0 Å². The van der Waals surface area contributed by atoms with Gasteiger partial charge in [0.05, 0.1) is 4.90 Å². The molecule has 17 heavy (non-hydrogen) atoms. The van der Waals surface area contributed by atoms with Gasteiger partial charge < -0.3 is 5.73 Å². The van der Waals surface area contributed by atoms with Crippen LogP contribution in [-0.4, -0.2) is 21.5 Å². The number of sulfonamides is 1. The van der Waals surface area contributed by atoms with E-state index >= 15 is 0 Å². The highest BCUT2D eigenvalue weighted by Crippen LogP contribution is 2.22. The van der Waals surface area contributed by atoms with Gasteiger partial charge in [-0.15, -0.1) is 0 Å². The molecule has 0 heterocycles. The molecule has 2 aromatic carbocycles. The predicted octanol–water partition coefficient (Wildman–Crippen LogP) is 1.08. The third-order valence-electron chi connectivity index (χ3n) is 2.48. The van der Waals surface area contributed by atoms with E-state index in [0.29, 0.717) is 4.90 Å². The highest BCUT2D eigenvalue weighted by atomic mass is 32.2. The summed E-state index contributed by atoms with van der Waals surface area (Å²) in [5.41, 5.74) is 5.30. The highest BCUT2D eigenvalue weighted by molar-refractivity contribution is 7.89. The molecule has 2 rings (SSSR count). The SMILES string of the molecule is NCCNS(=O)(=O)c1cccc2ccccc12. The second-order valence-electron chi connectivity index (χ2n) is 3.66. The fourth-order valence-corrected chi connectivity index (χ4v) is 2.98. The van der Waals surface area contributed by atoms with Crippen molar-refractivity contribution in [2.45, 2.75) is 4.90 Å². The molecule has 4 nitrogen and oxygen atoms in total. The van der Waals surface area contributed by atoms with Crippen LogP contribution in [0.25, 0.3) is 10.8 Å². The normalized spacial score (nSPS) is 11.8. The Labute approximate surface area is 100 Å². The van der Waals surface area contributed by atoms with Gasteiger partial charge in [-0.1, -0.05) is 36.4 Å². The molecular weight excluding hydrogens is 236 g/mol. The summed E-state index contributed by atoms with van der Waals surface area (Å²) >= 11 is 0. The van der Waals surface area contributed by atoms with Crippen molar-refractivity contribution in [3.8, 4) is 0 Å². The summed E-state index contributed by atoms with van der Waals surface area (Å²) in [5, 5.41) is 1.63. The smallest absolute Gasteiger partial charge is 0.241 e. The summed E-state index contributed by atoms with van der Waals surface area (Å²) in [6.07, 6.45) is 0. The van der Waals surface area contributed by atoms with Gasteiger partial charge >= 0.3 is 0 Å². The highest BCUT2D eigenvalue weighted by Gasteiger charge is 2.15. The maximum absolute atomic E-state index is 12.0. The second-order valence-corrected chi connectivity index (χ2v) is 5.40. The fraction of sp³-hybridized carbons (Fsp3) is 0.167. The van der Waals surface area contributed by atoms with Crippen molar-refractivity contribution in [3.05, 3.63) is 42.5 Å². The standard InChI is InChI=1S/C12H14N2O2S/c13-8-9-14-17(15,16)12-7-3-5-10-4-1-2-6-11(10)12/h1-7,14H,8-9,13H2. The Balaban J connectivity index is 2.55. The van der Waals surface area contributed by atoms with Crippen LogP contribution in [0.5, 0.6) is 0 Å². The van der Waals surface area contributed by atoms with E-state index in [1.54, 1.807) is 18.2 Å². The van der Waals surface area contributed by atoms with Crippen LogP contribution < -0.4 is 10.5 Å². The van der Waals surface area contributed by atoms with Crippen LogP contribution in [0.4, 0.5) is 0 Å². The molecule has 0 atom stereocenters. The van der Waals surface area contributed by atoms with Crippen LogP contribution in [0, 0.1) is 0 Å². The molecule has 90 valence electrons. The Bertz CT molecular complexity index is 618. The van der Waals surface area contributed by atoms with E-state index in [-0.39, 0.29) is 13.1 Å². The molecule has 0 unspecified atom stereocenters. The van der Waals surface area contributed by atoms with Crippen LogP contribution in [-0.2, 0) is 10.0 Å². The average molecular weight is 250 g/mol. The van der Waals surface area contributed by atoms with Crippen molar-refractivity contribution in [1.29, 1.82) is 0 Å². The van der Waals surface area contributed by atoms with Crippen molar-refractivity contribution in [3.63, 3.8) is 0 Å². The first-order valence-corrected chi connectivity index (χ1v) is 6.81. The summed E-state index contributed by atoms with van der Waals surface area (Å²) in [7, 11) is -3.48. The molecule has 0 fully saturated rings. The van der Waals surface area contributed by atoms with Gasteiger partial charge in [-0.25, -0.2) is 13.1 Å². The molecular formula is C12H14N2O2S. The Morgan fingerprint density at radius 1 is 1.06 bits per heavy atom. The van der Waals surface area contributed by atoms with Crippen molar-refractivity contribution < 1.29 is 8.42 Å². The number of fused-ring (bicyclic) bond motifs is 1. The third kappa shape index (κ3) is 2.46. The van der Waals surface area contributed by atoms with Gasteiger partial charge in [0.25, 0.3) is 0 Å². The topological polar surface area (TPSA) is 72.2 Å². The first-order valence-electron chi connectivity index (χ1n) is 5.32. The van der Waals surface area contributed by atoms with E-state index in [1.807, 2.05) is 24.3 Å². The molecule has 0 radical (unpaired) electrons. The minimum Gasteiger partial charge on any atom is -0.329 e. The minimum atomic E-state index is -3.48.